The van der Waals surface area contributed by atoms with E-state index >= 15 is 0 Å². The van der Waals surface area contributed by atoms with Gasteiger partial charge in [0.25, 0.3) is 0 Å². The minimum atomic E-state index is 0.0862. The number of ether oxygens (including phenoxy) is 1. The molecule has 1 N–H and O–H groups in total. The molecule has 0 aliphatic rings. The van der Waals surface area contributed by atoms with Crippen LogP contribution in [0.5, 0.6) is 5.75 Å². The van der Waals surface area contributed by atoms with Crippen molar-refractivity contribution in [3.05, 3.63) is 29.8 Å². The lowest BCUT2D eigenvalue weighted by Crippen LogP contribution is -2.13. The maximum absolute atomic E-state index is 8.94. The van der Waals surface area contributed by atoms with Gasteiger partial charge in [0.15, 0.2) is 0 Å². The maximum Gasteiger partial charge on any atom is 0.119 e. The van der Waals surface area contributed by atoms with Crippen LogP contribution in [0.1, 0.15) is 46.1 Å². The average molecular weight is 250 g/mol. The molecule has 0 aliphatic carbocycles. The fraction of sp³-hybridized carbons (Fsp3) is 0.625. The summed E-state index contributed by atoms with van der Waals surface area (Å²) in [5.74, 6) is 1.57. The molecule has 0 amide bonds. The second-order valence-electron chi connectivity index (χ2n) is 6.31. The third kappa shape index (κ3) is 6.06. The Bertz CT molecular complexity index is 335. The molecular weight excluding hydrogens is 224 g/mol. The van der Waals surface area contributed by atoms with Gasteiger partial charge in [0.05, 0.1) is 13.2 Å². The summed E-state index contributed by atoms with van der Waals surface area (Å²) in [5.41, 5.74) is 1.31. The van der Waals surface area contributed by atoms with Crippen molar-refractivity contribution in [3.8, 4) is 5.75 Å². The van der Waals surface area contributed by atoms with Crippen LogP contribution in [0, 0.1) is 11.3 Å². The molecule has 0 aliphatic heterocycles. The highest BCUT2D eigenvalue weighted by Gasteiger charge is 2.15. The zero-order chi connectivity index (χ0) is 13.6. The van der Waals surface area contributed by atoms with Gasteiger partial charge in [0.2, 0.25) is 0 Å². The molecule has 0 fully saturated rings. The summed E-state index contributed by atoms with van der Waals surface area (Å²) in [6.45, 7) is 9.95. The Balaban J connectivity index is 2.28. The van der Waals surface area contributed by atoms with E-state index in [1.165, 1.54) is 6.42 Å². The molecule has 102 valence electrons. The van der Waals surface area contributed by atoms with E-state index in [0.29, 0.717) is 11.3 Å². The Morgan fingerprint density at radius 1 is 1.17 bits per heavy atom. The van der Waals surface area contributed by atoms with Crippen LogP contribution in [-0.4, -0.2) is 11.7 Å². The molecule has 2 nitrogen and oxygen atoms in total. The molecule has 0 bridgehead atoms. The number of rotatable bonds is 6. The number of benzene rings is 1. The van der Waals surface area contributed by atoms with Gasteiger partial charge >= 0.3 is 0 Å². The molecule has 18 heavy (non-hydrogen) atoms. The van der Waals surface area contributed by atoms with Crippen molar-refractivity contribution >= 4 is 0 Å². The second kappa shape index (κ2) is 6.79. The summed E-state index contributed by atoms with van der Waals surface area (Å²) < 4.78 is 5.71. The first-order valence-corrected chi connectivity index (χ1v) is 6.73. The number of aliphatic hydroxyl groups is 1. The minimum Gasteiger partial charge on any atom is -0.494 e. The number of hydrogen-bond donors (Lipinski definition) is 1. The zero-order valence-corrected chi connectivity index (χ0v) is 12.1. The molecule has 0 heterocycles. The van der Waals surface area contributed by atoms with Crippen LogP contribution in [0.2, 0.25) is 0 Å². The van der Waals surface area contributed by atoms with E-state index in [9.17, 15) is 0 Å². The molecule has 1 rings (SSSR count). The molecule has 0 aromatic heterocycles. The minimum absolute atomic E-state index is 0.0862. The van der Waals surface area contributed by atoms with Crippen molar-refractivity contribution in [2.24, 2.45) is 11.3 Å². The van der Waals surface area contributed by atoms with Crippen molar-refractivity contribution < 1.29 is 9.84 Å². The molecule has 0 saturated heterocycles. The predicted molar refractivity (Wildman–Crippen MR) is 75.7 cm³/mol. The summed E-state index contributed by atoms with van der Waals surface area (Å²) in [4.78, 5) is 0. The van der Waals surface area contributed by atoms with Gasteiger partial charge in [-0.3, -0.25) is 0 Å². The lowest BCUT2D eigenvalue weighted by Gasteiger charge is -2.23. The van der Waals surface area contributed by atoms with Gasteiger partial charge in [0, 0.05) is 0 Å². The van der Waals surface area contributed by atoms with Gasteiger partial charge in [-0.15, -0.1) is 0 Å². The third-order valence-corrected chi connectivity index (χ3v) is 2.95. The monoisotopic (exact) mass is 250 g/mol. The van der Waals surface area contributed by atoms with Gasteiger partial charge in [-0.25, -0.2) is 0 Å². The Labute approximate surface area is 111 Å². The standard InChI is InChI=1S/C16H26O2/c1-13(11-16(2,3)4)9-10-18-15-7-5-14(12-17)6-8-15/h5-8,13,17H,9-12H2,1-4H3. The lowest BCUT2D eigenvalue weighted by atomic mass is 9.84. The first-order chi connectivity index (χ1) is 8.40. The summed E-state index contributed by atoms with van der Waals surface area (Å²) >= 11 is 0. The van der Waals surface area contributed by atoms with E-state index in [4.69, 9.17) is 9.84 Å². The van der Waals surface area contributed by atoms with Crippen LogP contribution in [0.3, 0.4) is 0 Å². The molecular formula is C16H26O2. The van der Waals surface area contributed by atoms with Crippen LogP contribution in [0.4, 0.5) is 0 Å². The van der Waals surface area contributed by atoms with Crippen LogP contribution in [0.15, 0.2) is 24.3 Å². The summed E-state index contributed by atoms with van der Waals surface area (Å²) in [6.07, 6.45) is 2.30. The van der Waals surface area contributed by atoms with E-state index in [2.05, 4.69) is 27.7 Å². The van der Waals surface area contributed by atoms with Gasteiger partial charge in [-0.2, -0.15) is 0 Å². The van der Waals surface area contributed by atoms with Gasteiger partial charge in [-0.1, -0.05) is 39.8 Å². The maximum atomic E-state index is 8.94. The van der Waals surface area contributed by atoms with Gasteiger partial charge in [-0.05, 0) is 41.9 Å². The molecule has 1 aromatic carbocycles. The van der Waals surface area contributed by atoms with Crippen molar-refractivity contribution in [1.82, 2.24) is 0 Å². The predicted octanol–water partition coefficient (Wildman–Crippen LogP) is 4.02. The van der Waals surface area contributed by atoms with Crippen molar-refractivity contribution in [1.29, 1.82) is 0 Å². The molecule has 0 radical (unpaired) electrons. The fourth-order valence-electron chi connectivity index (χ4n) is 2.22. The smallest absolute Gasteiger partial charge is 0.119 e. The largest absolute Gasteiger partial charge is 0.494 e. The summed E-state index contributed by atoms with van der Waals surface area (Å²) in [7, 11) is 0. The van der Waals surface area contributed by atoms with Crippen LogP contribution in [0.25, 0.3) is 0 Å². The van der Waals surface area contributed by atoms with Crippen molar-refractivity contribution in [2.45, 2.75) is 47.1 Å². The Hall–Kier alpha value is -1.02. The highest BCUT2D eigenvalue weighted by Crippen LogP contribution is 2.26. The quantitative estimate of drug-likeness (QED) is 0.826. The fourth-order valence-corrected chi connectivity index (χ4v) is 2.22. The van der Waals surface area contributed by atoms with E-state index in [0.717, 1.165) is 24.3 Å². The zero-order valence-electron chi connectivity index (χ0n) is 12.1. The summed E-state index contributed by atoms with van der Waals surface area (Å²) in [6, 6.07) is 7.63. The lowest BCUT2D eigenvalue weighted by molar-refractivity contribution is 0.240. The van der Waals surface area contributed by atoms with Crippen LogP contribution < -0.4 is 4.74 Å². The highest BCUT2D eigenvalue weighted by atomic mass is 16.5. The molecule has 1 unspecified atom stereocenters. The topological polar surface area (TPSA) is 29.5 Å². The average Bonchev–Trinajstić information content (AvgIpc) is 2.27. The van der Waals surface area contributed by atoms with E-state index in [1.807, 2.05) is 24.3 Å². The van der Waals surface area contributed by atoms with Gasteiger partial charge in [0.1, 0.15) is 5.75 Å². The van der Waals surface area contributed by atoms with Crippen LogP contribution in [-0.2, 0) is 6.61 Å². The molecule has 0 saturated carbocycles. The number of hydrogen-bond acceptors (Lipinski definition) is 2. The molecule has 1 atom stereocenters. The molecule has 1 aromatic rings. The third-order valence-electron chi connectivity index (χ3n) is 2.95. The van der Waals surface area contributed by atoms with E-state index in [1.54, 1.807) is 0 Å². The Kier molecular flexibility index (Phi) is 5.67. The summed E-state index contributed by atoms with van der Waals surface area (Å²) in [5, 5.41) is 8.94. The number of aliphatic hydroxyl groups excluding tert-OH is 1. The Morgan fingerprint density at radius 2 is 1.78 bits per heavy atom. The van der Waals surface area contributed by atoms with E-state index < -0.39 is 0 Å². The first-order valence-electron chi connectivity index (χ1n) is 6.73. The normalized spacial score (nSPS) is 13.4. The molecule has 2 heteroatoms. The van der Waals surface area contributed by atoms with Crippen LogP contribution >= 0.6 is 0 Å². The van der Waals surface area contributed by atoms with Crippen molar-refractivity contribution in [2.75, 3.05) is 6.61 Å². The molecule has 0 spiro atoms. The SMILES string of the molecule is CC(CCOc1ccc(CO)cc1)CC(C)(C)C. The van der Waals surface area contributed by atoms with Gasteiger partial charge < -0.3 is 9.84 Å². The van der Waals surface area contributed by atoms with Crippen molar-refractivity contribution in [3.63, 3.8) is 0 Å². The van der Waals surface area contributed by atoms with E-state index in [-0.39, 0.29) is 6.61 Å². The second-order valence-corrected chi connectivity index (χ2v) is 6.31. The highest BCUT2D eigenvalue weighted by molar-refractivity contribution is 5.26. The first kappa shape index (κ1) is 15.0. The Morgan fingerprint density at radius 3 is 2.28 bits per heavy atom.